The SMILES string of the molecule is C.C=CCCCCCCCCCc1ccc(-c2ccc(B3OC(C)(C)C(C)(C)O3)s2)s1.C=CCCCCCCCCCc1ccc(-c2cccs2)s1.CC(C)OB1OC(C)(C)C(C)(C)O1. The normalized spacial score (nSPS) is 16.7. The van der Waals surface area contributed by atoms with Crippen LogP contribution in [0.1, 0.15) is 189 Å². The van der Waals surface area contributed by atoms with Gasteiger partial charge >= 0.3 is 14.4 Å². The Balaban J connectivity index is 0.000000279. The van der Waals surface area contributed by atoms with Gasteiger partial charge in [-0.15, -0.1) is 58.5 Å². The molecule has 0 saturated carbocycles. The maximum absolute atomic E-state index is 6.20. The van der Waals surface area contributed by atoms with Crippen molar-refractivity contribution in [3.8, 4) is 19.5 Å². The van der Waals surface area contributed by atoms with Crippen molar-refractivity contribution in [3.63, 3.8) is 0 Å². The van der Waals surface area contributed by atoms with Gasteiger partial charge in [-0.25, -0.2) is 0 Å². The quantitative estimate of drug-likeness (QED) is 0.0376. The van der Waals surface area contributed by atoms with E-state index in [2.05, 4.69) is 94.8 Å². The van der Waals surface area contributed by atoms with Crippen LogP contribution in [0.4, 0.5) is 0 Å². The van der Waals surface area contributed by atoms with Crippen molar-refractivity contribution in [1.82, 2.24) is 0 Å². The minimum absolute atomic E-state index is 0. The highest BCUT2D eigenvalue weighted by molar-refractivity contribution is 7.28. The van der Waals surface area contributed by atoms with E-state index in [9.17, 15) is 0 Å². The van der Waals surface area contributed by atoms with Crippen LogP contribution in [0.2, 0.25) is 0 Å². The van der Waals surface area contributed by atoms with Gasteiger partial charge in [0.2, 0.25) is 0 Å². The first-order valence-electron chi connectivity index (χ1n) is 24.4. The van der Waals surface area contributed by atoms with Crippen molar-refractivity contribution in [1.29, 1.82) is 0 Å². The van der Waals surface area contributed by atoms with Crippen LogP contribution in [-0.2, 0) is 36.1 Å². The number of thiophene rings is 4. The molecule has 6 heterocycles. The maximum atomic E-state index is 6.20. The van der Waals surface area contributed by atoms with Crippen molar-refractivity contribution < 1.29 is 23.3 Å². The van der Waals surface area contributed by atoms with Gasteiger partial charge in [0.05, 0.1) is 22.4 Å². The van der Waals surface area contributed by atoms with Crippen molar-refractivity contribution in [3.05, 3.63) is 89.0 Å². The van der Waals surface area contributed by atoms with Gasteiger partial charge in [0.1, 0.15) is 0 Å². The lowest BCUT2D eigenvalue weighted by atomic mass is 9.88. The zero-order valence-electron chi connectivity index (χ0n) is 41.4. The first kappa shape index (κ1) is 57.5. The number of hydrogen-bond acceptors (Lipinski definition) is 9. The molecular weight excluding hydrogens is 878 g/mol. The Kier molecular flexibility index (Phi) is 25.3. The summed E-state index contributed by atoms with van der Waals surface area (Å²) < 4.78 is 30.3. The molecule has 0 atom stereocenters. The third-order valence-electron chi connectivity index (χ3n) is 12.7. The monoisotopic (exact) mass is 965 g/mol. The molecule has 2 fully saturated rings. The van der Waals surface area contributed by atoms with Gasteiger partial charge in [0.25, 0.3) is 0 Å². The Bertz CT molecular complexity index is 1860. The maximum Gasteiger partial charge on any atom is 0.640 e. The highest BCUT2D eigenvalue weighted by Crippen LogP contribution is 2.39. The molecule has 2 saturated heterocycles. The van der Waals surface area contributed by atoms with Crippen molar-refractivity contribution >= 4 is 64.6 Å². The van der Waals surface area contributed by atoms with Crippen LogP contribution in [-0.4, -0.2) is 42.9 Å². The second-order valence-electron chi connectivity index (χ2n) is 19.6. The van der Waals surface area contributed by atoms with E-state index in [1.54, 1.807) is 16.2 Å². The average molecular weight is 965 g/mol. The van der Waals surface area contributed by atoms with Crippen LogP contribution in [0, 0.1) is 0 Å². The third-order valence-corrected chi connectivity index (χ3v) is 17.4. The summed E-state index contributed by atoms with van der Waals surface area (Å²) >= 11 is 7.54. The summed E-state index contributed by atoms with van der Waals surface area (Å²) in [6, 6.07) is 17.9. The van der Waals surface area contributed by atoms with E-state index < -0.39 is 7.32 Å². The number of unbranched alkanes of at least 4 members (excludes halogenated alkanes) is 14. The van der Waals surface area contributed by atoms with E-state index in [0.29, 0.717) is 0 Å². The lowest BCUT2D eigenvalue weighted by Gasteiger charge is -2.32. The summed E-state index contributed by atoms with van der Waals surface area (Å²) in [6.45, 7) is 28.0. The second-order valence-corrected chi connectivity index (χ2v) is 24.0. The number of aryl methyl sites for hydroxylation is 2. The van der Waals surface area contributed by atoms with Gasteiger partial charge in [-0.05, 0) is 162 Å². The van der Waals surface area contributed by atoms with Crippen LogP contribution >= 0.6 is 45.3 Å². The summed E-state index contributed by atoms with van der Waals surface area (Å²) in [5.41, 5.74) is -1.17. The standard InChI is InChI=1S/C25H37BO2S2.C19H26S2.C9H19BO3.CH4/c1-6-7-8-9-10-11-12-13-14-15-20-16-17-21(29-20)22-18-19-23(30-22)26-27-24(2,3)25(4,5)28-26;1-2-3-4-5-6-7-8-9-10-12-17-14-15-19(21-17)18-13-11-16-20-18;1-7(2)11-10-12-8(3,4)9(5,6)13-10;/h6,16-19H,1,7-15H2,2-5H3;2,11,13-16H,1,3-10,12H2;7H,1-6H3;1H4. The Morgan fingerprint density at radius 3 is 1.35 bits per heavy atom. The Morgan fingerprint density at radius 2 is 0.923 bits per heavy atom. The van der Waals surface area contributed by atoms with E-state index in [4.69, 9.17) is 23.3 Å². The first-order chi connectivity index (χ1) is 30.5. The fraction of sp³-hybridized carbons (Fsp3) is 0.630. The molecule has 11 heteroatoms. The first-order valence-corrected chi connectivity index (χ1v) is 27.7. The Labute approximate surface area is 414 Å². The molecular formula is C54H86B2O5S4. The van der Waals surface area contributed by atoms with Crippen molar-refractivity contribution in [2.45, 2.75) is 221 Å². The lowest BCUT2D eigenvalue weighted by Crippen LogP contribution is -2.41. The van der Waals surface area contributed by atoms with Gasteiger partial charge < -0.3 is 23.3 Å². The topological polar surface area (TPSA) is 46.2 Å². The Hall–Kier alpha value is -1.79. The van der Waals surface area contributed by atoms with E-state index in [1.165, 1.54) is 140 Å². The minimum atomic E-state index is -0.523. The molecule has 0 spiro atoms. The van der Waals surface area contributed by atoms with Crippen LogP contribution < -0.4 is 4.78 Å². The van der Waals surface area contributed by atoms with Crippen molar-refractivity contribution in [2.24, 2.45) is 0 Å². The van der Waals surface area contributed by atoms with Crippen LogP contribution in [0.25, 0.3) is 19.5 Å². The molecule has 4 aromatic heterocycles. The van der Waals surface area contributed by atoms with E-state index in [1.807, 2.05) is 87.7 Å². The molecule has 0 amide bonds. The van der Waals surface area contributed by atoms with Crippen LogP contribution in [0.5, 0.6) is 0 Å². The number of rotatable bonds is 25. The molecule has 2 aliphatic rings. The summed E-state index contributed by atoms with van der Waals surface area (Å²) in [4.78, 5) is 8.56. The van der Waals surface area contributed by atoms with Gasteiger partial charge in [-0.1, -0.05) is 95.9 Å². The van der Waals surface area contributed by atoms with E-state index >= 15 is 0 Å². The summed E-state index contributed by atoms with van der Waals surface area (Å²) in [5, 5.41) is 2.16. The molecule has 0 aromatic carbocycles. The zero-order valence-corrected chi connectivity index (χ0v) is 44.7. The van der Waals surface area contributed by atoms with Gasteiger partial charge in [-0.3, -0.25) is 0 Å². The van der Waals surface area contributed by atoms with Gasteiger partial charge in [0, 0.05) is 40.1 Å². The fourth-order valence-corrected chi connectivity index (χ4v) is 11.3. The highest BCUT2D eigenvalue weighted by atomic mass is 32.1. The summed E-state index contributed by atoms with van der Waals surface area (Å²) in [6.07, 6.45) is 28.1. The van der Waals surface area contributed by atoms with Crippen LogP contribution in [0.3, 0.4) is 0 Å². The predicted octanol–water partition coefficient (Wildman–Crippen LogP) is 17.6. The zero-order chi connectivity index (χ0) is 46.6. The highest BCUT2D eigenvalue weighted by Gasteiger charge is 2.53. The molecule has 0 radical (unpaired) electrons. The minimum Gasteiger partial charge on any atom is -0.399 e. The number of allylic oxidation sites excluding steroid dienone is 2. The molecule has 65 heavy (non-hydrogen) atoms. The molecule has 2 aliphatic heterocycles. The smallest absolute Gasteiger partial charge is 0.399 e. The molecule has 5 nitrogen and oxygen atoms in total. The summed E-state index contributed by atoms with van der Waals surface area (Å²) in [7, 11) is -0.782. The van der Waals surface area contributed by atoms with Crippen LogP contribution in [0.15, 0.2) is 79.2 Å². The summed E-state index contributed by atoms with van der Waals surface area (Å²) in [5.74, 6) is 0. The molecule has 362 valence electrons. The predicted molar refractivity (Wildman–Crippen MR) is 292 cm³/mol. The molecule has 6 rings (SSSR count). The second kappa shape index (κ2) is 28.6. The largest absolute Gasteiger partial charge is 0.640 e. The average Bonchev–Trinajstić information content (AvgIpc) is 4.09. The van der Waals surface area contributed by atoms with E-state index in [0.717, 1.165) is 4.78 Å². The third kappa shape index (κ3) is 19.3. The van der Waals surface area contributed by atoms with Gasteiger partial charge in [0.15, 0.2) is 0 Å². The molecule has 0 unspecified atom stereocenters. The van der Waals surface area contributed by atoms with E-state index in [-0.39, 0.29) is 43.1 Å². The lowest BCUT2D eigenvalue weighted by molar-refractivity contribution is 0.00578. The molecule has 0 bridgehead atoms. The molecule has 4 aromatic rings. The number of hydrogen-bond donors (Lipinski definition) is 0. The Morgan fingerprint density at radius 1 is 0.523 bits per heavy atom. The molecule has 0 N–H and O–H groups in total. The molecule has 0 aliphatic carbocycles. The fourth-order valence-electron chi connectivity index (χ4n) is 7.29. The van der Waals surface area contributed by atoms with Crippen molar-refractivity contribution in [2.75, 3.05) is 0 Å². The van der Waals surface area contributed by atoms with Gasteiger partial charge in [-0.2, -0.15) is 0 Å².